The third-order valence-electron chi connectivity index (χ3n) is 2.16. The third-order valence-corrected chi connectivity index (χ3v) is 2.16. The van der Waals surface area contributed by atoms with Crippen LogP contribution in [0.1, 0.15) is 10.5 Å². The number of hydrogen-bond donors (Lipinski definition) is 0. The first-order chi connectivity index (χ1) is 9.43. The average molecular weight is 290 g/mol. The van der Waals surface area contributed by atoms with E-state index in [4.69, 9.17) is 0 Å². The van der Waals surface area contributed by atoms with Crippen LogP contribution >= 0.6 is 0 Å². The molecule has 20 heavy (non-hydrogen) atoms. The molecule has 0 saturated carbocycles. The molecule has 0 aliphatic heterocycles. The monoisotopic (exact) mass is 290 g/mol. The zero-order chi connectivity index (χ0) is 14.9. The molecule has 0 atom stereocenters. The number of esters is 1. The van der Waals surface area contributed by atoms with Gasteiger partial charge in [-0.15, -0.1) is 0 Å². The number of nitrogens with zero attached hydrogens (tertiary/aromatic N) is 2. The number of ether oxygens (including phenoxy) is 1. The Hall–Kier alpha value is -2.58. The van der Waals surface area contributed by atoms with E-state index in [1.807, 2.05) is 0 Å². The van der Waals surface area contributed by atoms with Crippen LogP contribution in [0.15, 0.2) is 18.6 Å². The molecule has 1 aromatic carbocycles. The van der Waals surface area contributed by atoms with Gasteiger partial charge in [-0.05, 0) is 6.07 Å². The van der Waals surface area contributed by atoms with Crippen LogP contribution in [0.25, 0.3) is 0 Å². The van der Waals surface area contributed by atoms with Gasteiger partial charge in [0.15, 0.2) is 5.69 Å². The predicted octanol–water partition coefficient (Wildman–Crippen LogP) is 2.39. The normalized spacial score (nSPS) is 10.4. The van der Waals surface area contributed by atoms with E-state index in [1.54, 1.807) is 0 Å². The standard InChI is InChI=1S/C11H3F5N2O2/c12-5-6(13)8(15)10(9(16)7(5)14)20-11(19)4-1-2-17-3-18-4/h1-3H. The van der Waals surface area contributed by atoms with E-state index in [0.29, 0.717) is 0 Å². The Kier molecular flexibility index (Phi) is 3.59. The molecule has 0 unspecified atom stereocenters. The number of carbonyl (C=O) groups excluding carboxylic acids is 1. The molecule has 0 fully saturated rings. The van der Waals surface area contributed by atoms with E-state index in [0.717, 1.165) is 18.6 Å². The van der Waals surface area contributed by atoms with Gasteiger partial charge in [-0.2, -0.15) is 8.78 Å². The van der Waals surface area contributed by atoms with E-state index in [2.05, 4.69) is 14.7 Å². The first-order valence-corrected chi connectivity index (χ1v) is 4.93. The second kappa shape index (κ2) is 5.19. The topological polar surface area (TPSA) is 52.1 Å². The molecule has 0 N–H and O–H groups in total. The minimum absolute atomic E-state index is 0.413. The number of aromatic nitrogens is 2. The smallest absolute Gasteiger partial charge is 0.362 e. The summed E-state index contributed by atoms with van der Waals surface area (Å²) in [6.45, 7) is 0. The molecule has 0 radical (unpaired) electrons. The molecule has 0 aliphatic carbocycles. The fourth-order valence-electron chi connectivity index (χ4n) is 1.23. The van der Waals surface area contributed by atoms with E-state index in [9.17, 15) is 26.7 Å². The van der Waals surface area contributed by atoms with Crippen LogP contribution in [0, 0.1) is 29.1 Å². The van der Waals surface area contributed by atoms with Crippen molar-refractivity contribution in [1.82, 2.24) is 9.97 Å². The first kappa shape index (κ1) is 13.8. The Morgan fingerprint density at radius 1 is 0.950 bits per heavy atom. The maximum atomic E-state index is 13.2. The van der Waals surface area contributed by atoms with Crippen LogP contribution < -0.4 is 4.74 Å². The summed E-state index contributed by atoms with van der Waals surface area (Å²) in [5.74, 6) is -14.3. The molecule has 1 aromatic heterocycles. The highest BCUT2D eigenvalue weighted by Crippen LogP contribution is 2.29. The fourth-order valence-corrected chi connectivity index (χ4v) is 1.23. The Bertz CT molecular complexity index is 649. The number of benzene rings is 1. The number of halogens is 5. The maximum Gasteiger partial charge on any atom is 0.362 e. The SMILES string of the molecule is O=C(Oc1c(F)c(F)c(F)c(F)c1F)c1ccncn1. The van der Waals surface area contributed by atoms with E-state index >= 15 is 0 Å². The summed E-state index contributed by atoms with van der Waals surface area (Å²) in [5.41, 5.74) is -0.413. The lowest BCUT2D eigenvalue weighted by Gasteiger charge is -2.08. The van der Waals surface area contributed by atoms with Crippen molar-refractivity contribution in [3.8, 4) is 5.75 Å². The van der Waals surface area contributed by atoms with Crippen molar-refractivity contribution in [1.29, 1.82) is 0 Å². The summed E-state index contributed by atoms with van der Waals surface area (Å²) < 4.78 is 69.2. The number of hydrogen-bond acceptors (Lipinski definition) is 4. The molecule has 0 aliphatic rings. The second-order valence-corrected chi connectivity index (χ2v) is 3.38. The molecule has 1 heterocycles. The third kappa shape index (κ3) is 2.29. The minimum atomic E-state index is -2.35. The van der Waals surface area contributed by atoms with Gasteiger partial charge in [0, 0.05) is 6.20 Å². The largest absolute Gasteiger partial charge is 0.415 e. The van der Waals surface area contributed by atoms with E-state index in [1.165, 1.54) is 0 Å². The Labute approximate surface area is 107 Å². The first-order valence-electron chi connectivity index (χ1n) is 4.93. The minimum Gasteiger partial charge on any atom is -0.415 e. The lowest BCUT2D eigenvalue weighted by Crippen LogP contribution is -2.14. The molecule has 0 amide bonds. The lowest BCUT2D eigenvalue weighted by molar-refractivity contribution is 0.0709. The number of rotatable bonds is 2. The highest BCUT2D eigenvalue weighted by atomic mass is 19.2. The summed E-state index contributed by atoms with van der Waals surface area (Å²) in [4.78, 5) is 18.3. The van der Waals surface area contributed by atoms with Gasteiger partial charge in [0.25, 0.3) is 0 Å². The zero-order valence-electron chi connectivity index (χ0n) is 9.33. The van der Waals surface area contributed by atoms with Gasteiger partial charge in [0.1, 0.15) is 6.33 Å². The van der Waals surface area contributed by atoms with Crippen LogP contribution in [0.5, 0.6) is 5.75 Å². The fraction of sp³-hybridized carbons (Fsp3) is 0. The van der Waals surface area contributed by atoms with Crippen LogP contribution in [0.4, 0.5) is 22.0 Å². The Balaban J connectivity index is 2.43. The molecule has 0 saturated heterocycles. The van der Waals surface area contributed by atoms with Crippen molar-refractivity contribution >= 4 is 5.97 Å². The molecular formula is C11H3F5N2O2. The summed E-state index contributed by atoms with van der Waals surface area (Å²) >= 11 is 0. The Morgan fingerprint density at radius 2 is 1.50 bits per heavy atom. The van der Waals surface area contributed by atoms with Crippen molar-refractivity contribution in [3.63, 3.8) is 0 Å². The van der Waals surface area contributed by atoms with Crippen LogP contribution in [0.3, 0.4) is 0 Å². The quantitative estimate of drug-likeness (QED) is 0.280. The van der Waals surface area contributed by atoms with Gasteiger partial charge in [0.05, 0.1) is 0 Å². The van der Waals surface area contributed by atoms with Crippen molar-refractivity contribution < 1.29 is 31.5 Å². The van der Waals surface area contributed by atoms with E-state index < -0.39 is 46.5 Å². The summed E-state index contributed by atoms with van der Waals surface area (Å²) in [7, 11) is 0. The van der Waals surface area contributed by atoms with E-state index in [-0.39, 0.29) is 0 Å². The molecular weight excluding hydrogens is 287 g/mol. The van der Waals surface area contributed by atoms with Crippen LogP contribution in [-0.2, 0) is 0 Å². The molecule has 0 bridgehead atoms. The molecule has 104 valence electrons. The van der Waals surface area contributed by atoms with Crippen LogP contribution in [-0.4, -0.2) is 15.9 Å². The predicted molar refractivity (Wildman–Crippen MR) is 53.2 cm³/mol. The number of carbonyl (C=O) groups is 1. The maximum absolute atomic E-state index is 13.2. The second-order valence-electron chi connectivity index (χ2n) is 3.38. The van der Waals surface area contributed by atoms with Crippen molar-refractivity contribution in [2.75, 3.05) is 0 Å². The van der Waals surface area contributed by atoms with Gasteiger partial charge >= 0.3 is 5.97 Å². The zero-order valence-corrected chi connectivity index (χ0v) is 9.33. The summed E-state index contributed by atoms with van der Waals surface area (Å²) in [5, 5.41) is 0. The molecule has 2 rings (SSSR count). The van der Waals surface area contributed by atoms with Crippen LogP contribution in [0.2, 0.25) is 0 Å². The highest BCUT2D eigenvalue weighted by Gasteiger charge is 2.29. The summed E-state index contributed by atoms with van der Waals surface area (Å²) in [6, 6.07) is 1.04. The highest BCUT2D eigenvalue weighted by molar-refractivity contribution is 5.88. The van der Waals surface area contributed by atoms with Crippen molar-refractivity contribution in [2.24, 2.45) is 0 Å². The molecule has 4 nitrogen and oxygen atoms in total. The van der Waals surface area contributed by atoms with Gasteiger partial charge in [-0.3, -0.25) is 0 Å². The molecule has 0 spiro atoms. The average Bonchev–Trinajstić information content (AvgIpc) is 2.48. The summed E-state index contributed by atoms with van der Waals surface area (Å²) in [6.07, 6.45) is 2.07. The lowest BCUT2D eigenvalue weighted by atomic mass is 10.2. The van der Waals surface area contributed by atoms with Crippen molar-refractivity contribution in [2.45, 2.75) is 0 Å². The van der Waals surface area contributed by atoms with Gasteiger partial charge in [-0.25, -0.2) is 27.9 Å². The molecule has 2 aromatic rings. The van der Waals surface area contributed by atoms with Gasteiger partial charge < -0.3 is 4.74 Å². The van der Waals surface area contributed by atoms with Gasteiger partial charge in [0.2, 0.25) is 34.8 Å². The molecule has 9 heteroatoms. The van der Waals surface area contributed by atoms with Crippen molar-refractivity contribution in [3.05, 3.63) is 53.4 Å². The van der Waals surface area contributed by atoms with Gasteiger partial charge in [-0.1, -0.05) is 0 Å². The Morgan fingerprint density at radius 3 is 2.00 bits per heavy atom.